The first kappa shape index (κ1) is 17.2. The number of nitrogens with one attached hydrogen (secondary N) is 1. The first-order valence-electron chi connectivity index (χ1n) is 7.80. The lowest BCUT2D eigenvalue weighted by molar-refractivity contribution is 0.0998. The van der Waals surface area contributed by atoms with Crippen LogP contribution < -0.4 is 21.2 Å². The maximum atomic E-state index is 12.7. The molecule has 1 aromatic heterocycles. The predicted octanol–water partition coefficient (Wildman–Crippen LogP) is 1.90. The number of para-hydroxylation sites is 1. The molecule has 1 heterocycles. The molecule has 0 spiro atoms. The lowest BCUT2D eigenvalue weighted by atomic mass is 10.1. The number of pyridine rings is 1. The van der Waals surface area contributed by atoms with E-state index in [0.717, 1.165) is 0 Å². The van der Waals surface area contributed by atoms with Crippen molar-refractivity contribution in [2.24, 2.45) is 12.8 Å². The molecule has 2 amide bonds. The summed E-state index contributed by atoms with van der Waals surface area (Å²) in [6.45, 7) is 0. The highest BCUT2D eigenvalue weighted by atomic mass is 16.5. The molecule has 7 heteroatoms. The number of fused-ring (bicyclic) bond motifs is 1. The van der Waals surface area contributed by atoms with E-state index in [9.17, 15) is 14.4 Å². The van der Waals surface area contributed by atoms with Crippen molar-refractivity contribution in [3.05, 3.63) is 70.0 Å². The Kier molecular flexibility index (Phi) is 4.45. The van der Waals surface area contributed by atoms with Crippen LogP contribution in [0.1, 0.15) is 20.7 Å². The Labute approximate surface area is 149 Å². The molecule has 0 fully saturated rings. The third-order valence-corrected chi connectivity index (χ3v) is 4.06. The van der Waals surface area contributed by atoms with Gasteiger partial charge in [-0.3, -0.25) is 14.4 Å². The zero-order valence-corrected chi connectivity index (χ0v) is 14.3. The van der Waals surface area contributed by atoms with E-state index < -0.39 is 11.8 Å². The van der Waals surface area contributed by atoms with Crippen molar-refractivity contribution < 1.29 is 14.3 Å². The van der Waals surface area contributed by atoms with Gasteiger partial charge >= 0.3 is 0 Å². The molecule has 2 aromatic carbocycles. The lowest BCUT2D eigenvalue weighted by Gasteiger charge is -2.12. The molecule has 0 saturated heterocycles. The lowest BCUT2D eigenvalue weighted by Crippen LogP contribution is -2.23. The van der Waals surface area contributed by atoms with E-state index >= 15 is 0 Å². The van der Waals surface area contributed by atoms with Crippen molar-refractivity contribution in [1.29, 1.82) is 0 Å². The van der Waals surface area contributed by atoms with Crippen molar-refractivity contribution in [2.45, 2.75) is 0 Å². The number of rotatable bonds is 4. The average molecular weight is 351 g/mol. The molecule has 0 radical (unpaired) electrons. The van der Waals surface area contributed by atoms with Crippen molar-refractivity contribution >= 4 is 28.4 Å². The van der Waals surface area contributed by atoms with E-state index in [1.54, 1.807) is 41.9 Å². The molecular formula is C19H17N3O4. The number of nitrogens with two attached hydrogens (primary N) is 1. The van der Waals surface area contributed by atoms with Crippen LogP contribution in [0.2, 0.25) is 0 Å². The van der Waals surface area contributed by atoms with E-state index in [-0.39, 0.29) is 11.0 Å². The maximum absolute atomic E-state index is 12.7. The Morgan fingerprint density at radius 1 is 1.12 bits per heavy atom. The quantitative estimate of drug-likeness (QED) is 0.749. The summed E-state index contributed by atoms with van der Waals surface area (Å²) in [4.78, 5) is 36.4. The summed E-state index contributed by atoms with van der Waals surface area (Å²) in [6.07, 6.45) is 1.47. The zero-order valence-electron chi connectivity index (χ0n) is 14.3. The van der Waals surface area contributed by atoms with Crippen molar-refractivity contribution in [2.75, 3.05) is 12.4 Å². The van der Waals surface area contributed by atoms with Crippen molar-refractivity contribution in [3.8, 4) is 5.75 Å². The van der Waals surface area contributed by atoms with E-state index in [2.05, 4.69) is 5.32 Å². The van der Waals surface area contributed by atoms with Gasteiger partial charge in [0.1, 0.15) is 11.3 Å². The zero-order chi connectivity index (χ0) is 18.8. The van der Waals surface area contributed by atoms with Crippen molar-refractivity contribution in [3.63, 3.8) is 0 Å². The summed E-state index contributed by atoms with van der Waals surface area (Å²) in [6, 6.07) is 11.2. The number of hydrogen-bond acceptors (Lipinski definition) is 4. The number of ether oxygens (including phenoxy) is 1. The number of carbonyl (C=O) groups is 2. The number of nitrogens with zero attached hydrogens (tertiary/aromatic N) is 1. The molecule has 0 saturated carbocycles. The second-order valence-corrected chi connectivity index (χ2v) is 5.73. The van der Waals surface area contributed by atoms with Crippen molar-refractivity contribution in [1.82, 2.24) is 4.57 Å². The molecule has 0 aliphatic carbocycles. The third-order valence-electron chi connectivity index (χ3n) is 4.06. The van der Waals surface area contributed by atoms with Crippen LogP contribution >= 0.6 is 0 Å². The van der Waals surface area contributed by atoms with Gasteiger partial charge in [0.25, 0.3) is 5.91 Å². The van der Waals surface area contributed by atoms with E-state index in [1.165, 1.54) is 25.4 Å². The highest BCUT2D eigenvalue weighted by Gasteiger charge is 2.16. The van der Waals surface area contributed by atoms with Crippen LogP contribution in [0.5, 0.6) is 5.75 Å². The number of amides is 2. The first-order chi connectivity index (χ1) is 12.4. The first-order valence-corrected chi connectivity index (χ1v) is 7.80. The summed E-state index contributed by atoms with van der Waals surface area (Å²) < 4.78 is 6.97. The molecule has 3 aromatic rings. The number of benzene rings is 2. The minimum Gasteiger partial charge on any atom is -0.495 e. The predicted molar refractivity (Wildman–Crippen MR) is 98.7 cm³/mol. The Hall–Kier alpha value is -3.61. The fourth-order valence-corrected chi connectivity index (χ4v) is 2.77. The normalized spacial score (nSPS) is 10.5. The topological polar surface area (TPSA) is 103 Å². The smallest absolute Gasteiger partial charge is 0.261 e. The molecule has 0 aliphatic heterocycles. The van der Waals surface area contributed by atoms with E-state index in [0.29, 0.717) is 27.9 Å². The largest absolute Gasteiger partial charge is 0.495 e. The molecule has 132 valence electrons. The van der Waals surface area contributed by atoms with E-state index in [4.69, 9.17) is 10.5 Å². The number of aromatic nitrogens is 1. The van der Waals surface area contributed by atoms with Gasteiger partial charge in [-0.15, -0.1) is 0 Å². The minimum atomic E-state index is -0.555. The second kappa shape index (κ2) is 6.72. The van der Waals surface area contributed by atoms with Gasteiger partial charge in [-0.05, 0) is 36.4 Å². The molecule has 3 rings (SSSR count). The number of hydrogen-bond donors (Lipinski definition) is 2. The molecule has 0 unspecified atom stereocenters. The highest BCUT2D eigenvalue weighted by molar-refractivity contribution is 6.06. The fraction of sp³-hybridized carbons (Fsp3) is 0.105. The van der Waals surface area contributed by atoms with E-state index in [1.807, 2.05) is 0 Å². The standard InChI is InChI=1S/C19H17N3O4/c1-22-10-14(17(23)13-4-3-5-15(26-2)16(13)22)19(25)21-12-8-6-11(7-9-12)18(20)24/h3-10H,1-2H3,(H2,20,24)(H,21,25). The summed E-state index contributed by atoms with van der Waals surface area (Å²) in [5.74, 6) is -0.543. The van der Waals surface area contributed by atoms with Crippen LogP contribution in [0, 0.1) is 0 Å². The second-order valence-electron chi connectivity index (χ2n) is 5.73. The number of aryl methyl sites for hydroxylation is 1. The summed E-state index contributed by atoms with van der Waals surface area (Å²) >= 11 is 0. The summed E-state index contributed by atoms with van der Waals surface area (Å²) in [7, 11) is 3.26. The van der Waals surface area contributed by atoms with Gasteiger partial charge in [0.2, 0.25) is 11.3 Å². The van der Waals surface area contributed by atoms with Crippen LogP contribution in [-0.4, -0.2) is 23.5 Å². The fourth-order valence-electron chi connectivity index (χ4n) is 2.77. The Morgan fingerprint density at radius 2 is 1.81 bits per heavy atom. The van der Waals surface area contributed by atoms with Crippen LogP contribution in [0.4, 0.5) is 5.69 Å². The molecule has 0 atom stereocenters. The Morgan fingerprint density at radius 3 is 2.42 bits per heavy atom. The van der Waals surface area contributed by atoms with Gasteiger partial charge < -0.3 is 20.4 Å². The average Bonchev–Trinajstić information content (AvgIpc) is 2.64. The van der Waals surface area contributed by atoms with Gasteiger partial charge in [-0.25, -0.2) is 0 Å². The van der Waals surface area contributed by atoms with Gasteiger partial charge in [0.15, 0.2) is 0 Å². The third kappa shape index (κ3) is 3.02. The summed E-state index contributed by atoms with van der Waals surface area (Å²) in [5.41, 5.74) is 6.20. The Balaban J connectivity index is 2.00. The number of carbonyl (C=O) groups excluding carboxylic acids is 2. The molecule has 0 aliphatic rings. The molecule has 7 nitrogen and oxygen atoms in total. The van der Waals surface area contributed by atoms with Gasteiger partial charge in [-0.2, -0.15) is 0 Å². The van der Waals surface area contributed by atoms with Gasteiger partial charge in [0.05, 0.1) is 18.0 Å². The SMILES string of the molecule is COc1cccc2c(=O)c(C(=O)Nc3ccc(C(N)=O)cc3)cn(C)c12. The van der Waals surface area contributed by atoms with Gasteiger partial charge in [-0.1, -0.05) is 6.07 Å². The molecule has 0 bridgehead atoms. The highest BCUT2D eigenvalue weighted by Crippen LogP contribution is 2.23. The van der Waals surface area contributed by atoms with Crippen LogP contribution in [0.3, 0.4) is 0 Å². The van der Waals surface area contributed by atoms with Crippen LogP contribution in [0.15, 0.2) is 53.5 Å². The number of primary amides is 1. The van der Waals surface area contributed by atoms with Crippen LogP contribution in [0.25, 0.3) is 10.9 Å². The maximum Gasteiger partial charge on any atom is 0.261 e. The molecular weight excluding hydrogens is 334 g/mol. The van der Waals surface area contributed by atoms with Crippen LogP contribution in [-0.2, 0) is 7.05 Å². The Bertz CT molecular complexity index is 1070. The van der Waals surface area contributed by atoms with Gasteiger partial charge in [0, 0.05) is 24.5 Å². The number of anilines is 1. The molecule has 26 heavy (non-hydrogen) atoms. The monoisotopic (exact) mass is 351 g/mol. The molecule has 3 N–H and O–H groups in total. The summed E-state index contributed by atoms with van der Waals surface area (Å²) in [5, 5.41) is 3.04. The minimum absolute atomic E-state index is 0.00670. The number of methoxy groups -OCH3 is 1.